The molecule has 0 bridgehead atoms. The maximum atomic E-state index is 12.0. The van der Waals surface area contributed by atoms with Gasteiger partial charge < -0.3 is 15.4 Å². The number of hydrogen-bond acceptors (Lipinski definition) is 3. The number of halogens is 2. The van der Waals surface area contributed by atoms with Gasteiger partial charge in [-0.25, -0.2) is 0 Å². The van der Waals surface area contributed by atoms with E-state index in [4.69, 9.17) is 16.3 Å². The molecule has 0 aromatic heterocycles. The molecule has 2 aliphatic rings. The molecular formula is C18H26Cl2N2O2. The van der Waals surface area contributed by atoms with E-state index in [0.29, 0.717) is 23.1 Å². The van der Waals surface area contributed by atoms with Crippen molar-refractivity contribution in [3.8, 4) is 5.75 Å². The largest absolute Gasteiger partial charge is 0.489 e. The zero-order valence-electron chi connectivity index (χ0n) is 13.9. The Labute approximate surface area is 155 Å². The highest BCUT2D eigenvalue weighted by Gasteiger charge is 2.18. The summed E-state index contributed by atoms with van der Waals surface area (Å²) in [6.45, 7) is 2.11. The van der Waals surface area contributed by atoms with E-state index in [1.54, 1.807) is 6.07 Å². The molecule has 6 heteroatoms. The first-order chi connectivity index (χ1) is 11.2. The third-order valence-electron chi connectivity index (χ3n) is 4.75. The molecule has 1 aliphatic carbocycles. The molecule has 1 aromatic rings. The molecule has 1 atom stereocenters. The van der Waals surface area contributed by atoms with Gasteiger partial charge in [0, 0.05) is 12.1 Å². The number of carbonyl (C=O) groups is 1. The molecule has 0 radical (unpaired) electrons. The summed E-state index contributed by atoms with van der Waals surface area (Å²) in [4.78, 5) is 12.0. The Bertz CT molecular complexity index is 542. The molecular weight excluding hydrogens is 347 g/mol. The Morgan fingerprint density at radius 3 is 2.75 bits per heavy atom. The summed E-state index contributed by atoms with van der Waals surface area (Å²) in [5.74, 6) is 1.40. The van der Waals surface area contributed by atoms with E-state index in [2.05, 4.69) is 10.6 Å². The van der Waals surface area contributed by atoms with Crippen LogP contribution in [-0.2, 0) is 4.79 Å². The van der Waals surface area contributed by atoms with E-state index in [1.807, 2.05) is 12.1 Å². The van der Waals surface area contributed by atoms with Crippen LogP contribution in [0.2, 0.25) is 5.02 Å². The number of ether oxygens (including phenoxy) is 1. The van der Waals surface area contributed by atoms with Gasteiger partial charge in [-0.15, -0.1) is 12.4 Å². The Hall–Kier alpha value is -0.970. The predicted octanol–water partition coefficient (Wildman–Crippen LogP) is 4.41. The van der Waals surface area contributed by atoms with Crippen LogP contribution in [0.5, 0.6) is 5.75 Å². The van der Waals surface area contributed by atoms with Crippen molar-refractivity contribution in [3.63, 3.8) is 0 Å². The molecule has 2 fully saturated rings. The monoisotopic (exact) mass is 372 g/mol. The quantitative estimate of drug-likeness (QED) is 0.777. The fraction of sp³-hybridized carbons (Fsp3) is 0.611. The fourth-order valence-corrected chi connectivity index (χ4v) is 3.60. The van der Waals surface area contributed by atoms with Crippen LogP contribution >= 0.6 is 24.0 Å². The summed E-state index contributed by atoms with van der Waals surface area (Å²) in [6.07, 6.45) is 7.62. The van der Waals surface area contributed by atoms with Crippen LogP contribution in [0.25, 0.3) is 0 Å². The first-order valence-corrected chi connectivity index (χ1v) is 9.05. The predicted molar refractivity (Wildman–Crippen MR) is 100 cm³/mol. The van der Waals surface area contributed by atoms with Gasteiger partial charge in [0.1, 0.15) is 5.75 Å². The van der Waals surface area contributed by atoms with Crippen molar-refractivity contribution in [2.45, 2.75) is 51.0 Å². The fourth-order valence-electron chi connectivity index (χ4n) is 3.38. The average Bonchev–Trinajstić information content (AvgIpc) is 3.21. The Morgan fingerprint density at radius 2 is 2.08 bits per heavy atom. The first kappa shape index (κ1) is 19.4. The second-order valence-corrected chi connectivity index (χ2v) is 7.02. The van der Waals surface area contributed by atoms with Crippen molar-refractivity contribution >= 4 is 35.6 Å². The molecule has 1 saturated carbocycles. The number of anilines is 1. The van der Waals surface area contributed by atoms with Crippen molar-refractivity contribution in [1.29, 1.82) is 0 Å². The number of hydrogen-bond donors (Lipinski definition) is 2. The van der Waals surface area contributed by atoms with Crippen LogP contribution in [0, 0.1) is 5.92 Å². The smallest absolute Gasteiger partial charge is 0.224 e. The van der Waals surface area contributed by atoms with Crippen LogP contribution < -0.4 is 15.4 Å². The lowest BCUT2D eigenvalue weighted by molar-refractivity contribution is -0.116. The minimum Gasteiger partial charge on any atom is -0.489 e. The molecule has 24 heavy (non-hydrogen) atoms. The van der Waals surface area contributed by atoms with Crippen molar-refractivity contribution < 1.29 is 9.53 Å². The van der Waals surface area contributed by atoms with Crippen LogP contribution in [0.1, 0.15) is 44.9 Å². The SMILES string of the molecule is Cl.O=C(CCC1CCNC1)Nc1ccc(OC2CCCC2)c(Cl)c1. The summed E-state index contributed by atoms with van der Waals surface area (Å²) in [5, 5.41) is 6.82. The van der Waals surface area contributed by atoms with Gasteiger partial charge in [0.15, 0.2) is 0 Å². The number of benzene rings is 1. The molecule has 134 valence electrons. The van der Waals surface area contributed by atoms with E-state index in [-0.39, 0.29) is 24.4 Å². The summed E-state index contributed by atoms with van der Waals surface area (Å²) >= 11 is 6.29. The first-order valence-electron chi connectivity index (χ1n) is 8.67. The lowest BCUT2D eigenvalue weighted by atomic mass is 10.0. The van der Waals surface area contributed by atoms with Gasteiger partial charge in [-0.05, 0) is 75.7 Å². The van der Waals surface area contributed by atoms with Gasteiger partial charge in [-0.3, -0.25) is 4.79 Å². The van der Waals surface area contributed by atoms with Gasteiger partial charge in [-0.1, -0.05) is 11.6 Å². The Balaban J connectivity index is 0.00000208. The van der Waals surface area contributed by atoms with E-state index < -0.39 is 0 Å². The van der Waals surface area contributed by atoms with Crippen molar-refractivity contribution in [2.75, 3.05) is 18.4 Å². The lowest BCUT2D eigenvalue weighted by Gasteiger charge is -2.15. The zero-order valence-corrected chi connectivity index (χ0v) is 15.4. The Morgan fingerprint density at radius 1 is 1.29 bits per heavy atom. The summed E-state index contributed by atoms with van der Waals surface area (Å²) in [6, 6.07) is 5.50. The molecule has 1 aliphatic heterocycles. The van der Waals surface area contributed by atoms with Gasteiger partial charge in [0.25, 0.3) is 0 Å². The highest BCUT2D eigenvalue weighted by Crippen LogP contribution is 2.31. The lowest BCUT2D eigenvalue weighted by Crippen LogP contribution is -2.15. The van der Waals surface area contributed by atoms with E-state index >= 15 is 0 Å². The van der Waals surface area contributed by atoms with Crippen molar-refractivity contribution in [3.05, 3.63) is 23.2 Å². The van der Waals surface area contributed by atoms with Gasteiger partial charge in [0.2, 0.25) is 5.91 Å². The molecule has 3 rings (SSSR count). The molecule has 1 amide bonds. The molecule has 4 nitrogen and oxygen atoms in total. The molecule has 1 aromatic carbocycles. The van der Waals surface area contributed by atoms with E-state index in [0.717, 1.165) is 38.0 Å². The maximum Gasteiger partial charge on any atom is 0.224 e. The molecule has 2 N–H and O–H groups in total. The number of amides is 1. The van der Waals surface area contributed by atoms with E-state index in [1.165, 1.54) is 19.3 Å². The number of carbonyl (C=O) groups excluding carboxylic acids is 1. The second-order valence-electron chi connectivity index (χ2n) is 6.62. The summed E-state index contributed by atoms with van der Waals surface area (Å²) in [5.41, 5.74) is 0.739. The van der Waals surface area contributed by atoms with Crippen molar-refractivity contribution in [2.24, 2.45) is 5.92 Å². The van der Waals surface area contributed by atoms with Gasteiger partial charge in [-0.2, -0.15) is 0 Å². The second kappa shape index (κ2) is 9.50. The molecule has 1 saturated heterocycles. The highest BCUT2D eigenvalue weighted by atomic mass is 35.5. The maximum absolute atomic E-state index is 12.0. The average molecular weight is 373 g/mol. The van der Waals surface area contributed by atoms with E-state index in [9.17, 15) is 4.79 Å². The van der Waals surface area contributed by atoms with Crippen LogP contribution in [0.15, 0.2) is 18.2 Å². The van der Waals surface area contributed by atoms with Crippen molar-refractivity contribution in [1.82, 2.24) is 5.32 Å². The van der Waals surface area contributed by atoms with Crippen LogP contribution in [0.4, 0.5) is 5.69 Å². The topological polar surface area (TPSA) is 50.4 Å². The molecule has 0 spiro atoms. The number of rotatable bonds is 6. The minimum absolute atomic E-state index is 0. The molecule has 1 heterocycles. The third-order valence-corrected chi connectivity index (χ3v) is 5.05. The van der Waals surface area contributed by atoms with Gasteiger partial charge in [0.05, 0.1) is 11.1 Å². The molecule has 1 unspecified atom stereocenters. The van der Waals surface area contributed by atoms with Crippen LogP contribution in [-0.4, -0.2) is 25.1 Å². The summed E-state index contributed by atoms with van der Waals surface area (Å²) in [7, 11) is 0. The Kier molecular flexibility index (Phi) is 7.66. The zero-order chi connectivity index (χ0) is 16.1. The normalized spacial score (nSPS) is 20.6. The standard InChI is InChI=1S/C18H25ClN2O2.ClH/c19-16-11-14(6-7-17(16)23-15-3-1-2-4-15)21-18(22)8-5-13-9-10-20-12-13;/h6-7,11,13,15,20H,1-5,8-10,12H2,(H,21,22);1H. The summed E-state index contributed by atoms with van der Waals surface area (Å²) < 4.78 is 5.93. The minimum atomic E-state index is 0. The highest BCUT2D eigenvalue weighted by molar-refractivity contribution is 6.32. The number of nitrogens with one attached hydrogen (secondary N) is 2. The van der Waals surface area contributed by atoms with Gasteiger partial charge >= 0.3 is 0 Å². The van der Waals surface area contributed by atoms with Crippen LogP contribution in [0.3, 0.4) is 0 Å². The third kappa shape index (κ3) is 5.54.